The molecule has 2 rings (SSSR count). The van der Waals surface area contributed by atoms with Crippen LogP contribution in [0.3, 0.4) is 0 Å². The summed E-state index contributed by atoms with van der Waals surface area (Å²) in [6.45, 7) is 0.382. The first-order valence-corrected chi connectivity index (χ1v) is 6.08. The summed E-state index contributed by atoms with van der Waals surface area (Å²) in [5.74, 6) is -0.802. The van der Waals surface area contributed by atoms with Gasteiger partial charge in [0.1, 0.15) is 0 Å². The molecule has 1 aromatic carbocycles. The number of carbonyl (C=O) groups is 1. The lowest BCUT2D eigenvalue weighted by atomic mass is 9.77. The van der Waals surface area contributed by atoms with Crippen LogP contribution in [0.25, 0.3) is 0 Å². The van der Waals surface area contributed by atoms with E-state index in [0.29, 0.717) is 11.6 Å². The number of hydrogen-bond donors (Lipinski definition) is 1. The molecule has 0 saturated heterocycles. The van der Waals surface area contributed by atoms with E-state index in [2.05, 4.69) is 0 Å². The summed E-state index contributed by atoms with van der Waals surface area (Å²) < 4.78 is 5.78. The van der Waals surface area contributed by atoms with Gasteiger partial charge in [-0.1, -0.05) is 29.8 Å². The number of benzene rings is 1. The molecule has 1 saturated carbocycles. The fraction of sp³-hybridized carbons (Fsp3) is 0.462. The quantitative estimate of drug-likeness (QED) is 0.877. The minimum absolute atomic E-state index is 0.0808. The summed E-state index contributed by atoms with van der Waals surface area (Å²) in [6, 6.07) is 7.47. The van der Waals surface area contributed by atoms with E-state index >= 15 is 0 Å². The number of aliphatic carboxylic acids is 1. The molecule has 0 radical (unpaired) electrons. The van der Waals surface area contributed by atoms with Gasteiger partial charge in [0.2, 0.25) is 0 Å². The average Bonchev–Trinajstić information content (AvgIpc) is 2.23. The van der Waals surface area contributed by atoms with Crippen LogP contribution in [0.15, 0.2) is 24.3 Å². The molecule has 1 fully saturated rings. The molecule has 1 aliphatic carbocycles. The zero-order valence-electron chi connectivity index (χ0n) is 9.49. The van der Waals surface area contributed by atoms with Gasteiger partial charge >= 0.3 is 5.97 Å². The third kappa shape index (κ3) is 2.99. The van der Waals surface area contributed by atoms with E-state index in [0.717, 1.165) is 24.8 Å². The first kappa shape index (κ1) is 12.4. The molecular weight excluding hydrogens is 240 g/mol. The van der Waals surface area contributed by atoms with Gasteiger partial charge in [-0.05, 0) is 30.9 Å². The molecule has 0 heterocycles. The van der Waals surface area contributed by atoms with E-state index in [4.69, 9.17) is 21.4 Å². The van der Waals surface area contributed by atoms with E-state index in [1.165, 1.54) is 0 Å². The van der Waals surface area contributed by atoms with Crippen LogP contribution in [0.5, 0.6) is 0 Å². The van der Waals surface area contributed by atoms with Crippen molar-refractivity contribution in [1.29, 1.82) is 0 Å². The van der Waals surface area contributed by atoms with Crippen molar-refractivity contribution in [2.75, 3.05) is 0 Å². The van der Waals surface area contributed by atoms with Gasteiger partial charge in [0, 0.05) is 5.02 Å². The molecule has 0 amide bonds. The Labute approximate surface area is 105 Å². The summed E-state index contributed by atoms with van der Waals surface area (Å²) in [6.07, 6.45) is 2.76. The SMILES string of the molecule is O=C(O)CC1(OCc2ccccc2Cl)CCC1. The lowest BCUT2D eigenvalue weighted by molar-refractivity contribution is -0.156. The minimum Gasteiger partial charge on any atom is -0.481 e. The molecule has 0 spiro atoms. The van der Waals surface area contributed by atoms with Crippen LogP contribution in [0, 0.1) is 0 Å². The standard InChI is InChI=1S/C13H15ClO3/c14-11-5-2-1-4-10(11)9-17-13(6-3-7-13)8-12(15)16/h1-2,4-5H,3,6-9H2,(H,15,16). The Balaban J connectivity index is 1.97. The lowest BCUT2D eigenvalue weighted by Crippen LogP contribution is -2.42. The Kier molecular flexibility index (Phi) is 3.69. The maximum absolute atomic E-state index is 10.8. The van der Waals surface area contributed by atoms with Gasteiger partial charge in [0.15, 0.2) is 0 Å². The second-order valence-electron chi connectivity index (χ2n) is 4.49. The van der Waals surface area contributed by atoms with Crippen LogP contribution in [-0.4, -0.2) is 16.7 Å². The smallest absolute Gasteiger partial charge is 0.306 e. The first-order valence-electron chi connectivity index (χ1n) is 5.70. The third-order valence-corrected chi connectivity index (χ3v) is 3.60. The Morgan fingerprint density at radius 3 is 2.65 bits per heavy atom. The first-order chi connectivity index (χ1) is 8.11. The van der Waals surface area contributed by atoms with Crippen molar-refractivity contribution in [3.63, 3.8) is 0 Å². The predicted molar refractivity (Wildman–Crippen MR) is 65.1 cm³/mol. The van der Waals surface area contributed by atoms with E-state index < -0.39 is 11.6 Å². The number of halogens is 1. The van der Waals surface area contributed by atoms with Crippen LogP contribution in [0.2, 0.25) is 5.02 Å². The predicted octanol–water partition coefficient (Wildman–Crippen LogP) is 3.25. The zero-order chi connectivity index (χ0) is 12.3. The molecule has 0 aromatic heterocycles. The molecule has 1 N–H and O–H groups in total. The molecule has 4 heteroatoms. The molecule has 92 valence electrons. The van der Waals surface area contributed by atoms with E-state index in [9.17, 15) is 4.79 Å². The second-order valence-corrected chi connectivity index (χ2v) is 4.89. The maximum atomic E-state index is 10.8. The van der Waals surface area contributed by atoms with Gasteiger partial charge in [-0.15, -0.1) is 0 Å². The number of hydrogen-bond acceptors (Lipinski definition) is 2. The third-order valence-electron chi connectivity index (χ3n) is 3.23. The van der Waals surface area contributed by atoms with Gasteiger partial charge in [-0.3, -0.25) is 4.79 Å². The Hall–Kier alpha value is -1.06. The van der Waals surface area contributed by atoms with Gasteiger partial charge in [-0.2, -0.15) is 0 Å². The highest BCUT2D eigenvalue weighted by atomic mass is 35.5. The van der Waals surface area contributed by atoms with Crippen molar-refractivity contribution in [3.05, 3.63) is 34.9 Å². The molecule has 0 aliphatic heterocycles. The Bertz CT molecular complexity index is 413. The van der Waals surface area contributed by atoms with Crippen molar-refractivity contribution >= 4 is 17.6 Å². The molecule has 1 aliphatic rings. The monoisotopic (exact) mass is 254 g/mol. The molecule has 3 nitrogen and oxygen atoms in total. The van der Waals surface area contributed by atoms with E-state index in [1.54, 1.807) is 0 Å². The Morgan fingerprint density at radius 2 is 2.12 bits per heavy atom. The average molecular weight is 255 g/mol. The second kappa shape index (κ2) is 5.07. The largest absolute Gasteiger partial charge is 0.481 e. The van der Waals surface area contributed by atoms with Gasteiger partial charge < -0.3 is 9.84 Å². The van der Waals surface area contributed by atoms with Crippen molar-refractivity contribution in [2.24, 2.45) is 0 Å². The van der Waals surface area contributed by atoms with Gasteiger partial charge in [0.05, 0.1) is 18.6 Å². The maximum Gasteiger partial charge on any atom is 0.306 e. The van der Waals surface area contributed by atoms with E-state index in [-0.39, 0.29) is 6.42 Å². The summed E-state index contributed by atoms with van der Waals surface area (Å²) >= 11 is 6.02. The molecular formula is C13H15ClO3. The fourth-order valence-corrected chi connectivity index (χ4v) is 2.26. The number of carboxylic acids is 1. The van der Waals surface area contributed by atoms with Crippen LogP contribution in [0.4, 0.5) is 0 Å². The summed E-state index contributed by atoms with van der Waals surface area (Å²) in [5.41, 5.74) is 0.441. The molecule has 17 heavy (non-hydrogen) atoms. The van der Waals surface area contributed by atoms with Gasteiger partial charge in [0.25, 0.3) is 0 Å². The number of rotatable bonds is 5. The highest BCUT2D eigenvalue weighted by Gasteiger charge is 2.40. The topological polar surface area (TPSA) is 46.5 Å². The Morgan fingerprint density at radius 1 is 1.41 bits per heavy atom. The van der Waals surface area contributed by atoms with Crippen molar-refractivity contribution in [1.82, 2.24) is 0 Å². The highest BCUT2D eigenvalue weighted by Crippen LogP contribution is 2.39. The van der Waals surface area contributed by atoms with Crippen LogP contribution >= 0.6 is 11.6 Å². The minimum atomic E-state index is -0.802. The fourth-order valence-electron chi connectivity index (χ4n) is 2.07. The van der Waals surface area contributed by atoms with E-state index in [1.807, 2.05) is 24.3 Å². The number of ether oxygens (including phenoxy) is 1. The molecule has 0 bridgehead atoms. The molecule has 0 atom stereocenters. The number of carboxylic acid groups (broad SMARTS) is 1. The van der Waals surface area contributed by atoms with Crippen LogP contribution in [-0.2, 0) is 16.1 Å². The lowest BCUT2D eigenvalue weighted by Gasteiger charge is -2.40. The van der Waals surface area contributed by atoms with Crippen LogP contribution < -0.4 is 0 Å². The summed E-state index contributed by atoms with van der Waals surface area (Å²) in [5, 5.41) is 9.52. The zero-order valence-corrected chi connectivity index (χ0v) is 10.2. The molecule has 1 aromatic rings. The summed E-state index contributed by atoms with van der Waals surface area (Å²) in [7, 11) is 0. The van der Waals surface area contributed by atoms with Gasteiger partial charge in [-0.25, -0.2) is 0 Å². The van der Waals surface area contributed by atoms with Crippen LogP contribution in [0.1, 0.15) is 31.2 Å². The summed E-state index contributed by atoms with van der Waals surface area (Å²) in [4.78, 5) is 10.8. The normalized spacial score (nSPS) is 17.5. The van der Waals surface area contributed by atoms with Crippen molar-refractivity contribution in [3.8, 4) is 0 Å². The highest BCUT2D eigenvalue weighted by molar-refractivity contribution is 6.31. The van der Waals surface area contributed by atoms with Crippen molar-refractivity contribution < 1.29 is 14.6 Å². The van der Waals surface area contributed by atoms with Crippen molar-refractivity contribution in [2.45, 2.75) is 37.9 Å². The molecule has 0 unspecified atom stereocenters.